The van der Waals surface area contributed by atoms with Crippen molar-refractivity contribution in [2.24, 2.45) is 0 Å². The number of carbonyl (C=O) groups is 1. The van der Waals surface area contributed by atoms with Gasteiger partial charge in [-0.15, -0.1) is 0 Å². The number of likely N-dealkylation sites (tertiary alicyclic amines) is 1. The topological polar surface area (TPSA) is 45.2 Å². The highest BCUT2D eigenvalue weighted by Crippen LogP contribution is 2.25. The Morgan fingerprint density at radius 3 is 3.00 bits per heavy atom. The standard InChI is InChI=1S/C15H22ClN3O/c1-3-9-17-13-8-7-12(16)14(18-13)15(20)19-10-5-6-11(19)4-2/h7-8,11H,3-6,9-10H2,1-2H3,(H,17,18). The molecule has 2 heterocycles. The lowest BCUT2D eigenvalue weighted by atomic mass is 10.1. The van der Waals surface area contributed by atoms with E-state index in [9.17, 15) is 4.79 Å². The van der Waals surface area contributed by atoms with Crippen molar-refractivity contribution >= 4 is 23.3 Å². The van der Waals surface area contributed by atoms with Crippen molar-refractivity contribution in [3.63, 3.8) is 0 Å². The van der Waals surface area contributed by atoms with E-state index in [4.69, 9.17) is 11.6 Å². The molecule has 20 heavy (non-hydrogen) atoms. The number of halogens is 1. The Balaban J connectivity index is 2.20. The number of aromatic nitrogens is 1. The van der Waals surface area contributed by atoms with E-state index in [1.165, 1.54) is 0 Å². The summed E-state index contributed by atoms with van der Waals surface area (Å²) in [4.78, 5) is 18.9. The minimum Gasteiger partial charge on any atom is -0.370 e. The number of nitrogens with one attached hydrogen (secondary N) is 1. The van der Waals surface area contributed by atoms with Crippen LogP contribution in [0.15, 0.2) is 12.1 Å². The first-order valence-corrected chi connectivity index (χ1v) is 7.76. The molecule has 0 bridgehead atoms. The molecule has 1 aromatic heterocycles. The predicted molar refractivity (Wildman–Crippen MR) is 82.4 cm³/mol. The van der Waals surface area contributed by atoms with Gasteiger partial charge in [0.05, 0.1) is 5.02 Å². The molecule has 0 radical (unpaired) electrons. The molecule has 1 amide bonds. The maximum Gasteiger partial charge on any atom is 0.274 e. The molecule has 0 aromatic carbocycles. The molecule has 1 fully saturated rings. The Labute approximate surface area is 125 Å². The second kappa shape index (κ2) is 6.93. The fourth-order valence-corrected chi connectivity index (χ4v) is 2.79. The highest BCUT2D eigenvalue weighted by molar-refractivity contribution is 6.33. The number of nitrogens with zero attached hydrogens (tertiary/aromatic N) is 2. The van der Waals surface area contributed by atoms with E-state index in [0.29, 0.717) is 22.6 Å². The van der Waals surface area contributed by atoms with Crippen molar-refractivity contribution in [2.75, 3.05) is 18.4 Å². The number of hydrogen-bond donors (Lipinski definition) is 1. The summed E-state index contributed by atoms with van der Waals surface area (Å²) in [6, 6.07) is 3.89. The number of rotatable bonds is 5. The summed E-state index contributed by atoms with van der Waals surface area (Å²) in [7, 11) is 0. The van der Waals surface area contributed by atoms with Gasteiger partial charge in [-0.3, -0.25) is 4.79 Å². The molecule has 1 aliphatic heterocycles. The third-order valence-corrected chi connectivity index (χ3v) is 4.02. The summed E-state index contributed by atoms with van der Waals surface area (Å²) in [5.41, 5.74) is 0.369. The van der Waals surface area contributed by atoms with Gasteiger partial charge in [0.2, 0.25) is 0 Å². The molecule has 110 valence electrons. The van der Waals surface area contributed by atoms with Gasteiger partial charge in [0.1, 0.15) is 11.5 Å². The summed E-state index contributed by atoms with van der Waals surface area (Å²) in [5.74, 6) is 0.673. The van der Waals surface area contributed by atoms with Crippen LogP contribution in [0, 0.1) is 0 Å². The van der Waals surface area contributed by atoms with E-state index in [1.54, 1.807) is 6.07 Å². The number of amides is 1. The van der Waals surface area contributed by atoms with Gasteiger partial charge in [-0.25, -0.2) is 4.98 Å². The van der Waals surface area contributed by atoms with Crippen LogP contribution in [0.1, 0.15) is 50.0 Å². The quantitative estimate of drug-likeness (QED) is 0.903. The highest BCUT2D eigenvalue weighted by atomic mass is 35.5. The number of hydrogen-bond acceptors (Lipinski definition) is 3. The molecule has 1 saturated heterocycles. The van der Waals surface area contributed by atoms with Crippen molar-refractivity contribution in [2.45, 2.75) is 45.6 Å². The first-order valence-electron chi connectivity index (χ1n) is 7.38. The number of carbonyl (C=O) groups excluding carboxylic acids is 1. The van der Waals surface area contributed by atoms with Gasteiger partial charge in [-0.05, 0) is 37.8 Å². The molecule has 0 saturated carbocycles. The van der Waals surface area contributed by atoms with Gasteiger partial charge in [0.15, 0.2) is 0 Å². The van der Waals surface area contributed by atoms with Crippen LogP contribution < -0.4 is 5.32 Å². The molecule has 1 N–H and O–H groups in total. The molecule has 1 aliphatic rings. The molecule has 1 atom stereocenters. The number of anilines is 1. The minimum atomic E-state index is -0.0421. The zero-order chi connectivity index (χ0) is 14.5. The van der Waals surface area contributed by atoms with Gasteiger partial charge in [-0.1, -0.05) is 25.4 Å². The Bertz CT molecular complexity index is 478. The minimum absolute atomic E-state index is 0.0421. The SMILES string of the molecule is CCCNc1ccc(Cl)c(C(=O)N2CCCC2CC)n1. The second-order valence-electron chi connectivity index (χ2n) is 5.16. The van der Waals surface area contributed by atoms with Crippen molar-refractivity contribution in [1.82, 2.24) is 9.88 Å². The van der Waals surface area contributed by atoms with Crippen molar-refractivity contribution < 1.29 is 4.79 Å². The fourth-order valence-electron chi connectivity index (χ4n) is 2.61. The van der Waals surface area contributed by atoms with E-state index in [-0.39, 0.29) is 5.91 Å². The van der Waals surface area contributed by atoms with Gasteiger partial charge in [-0.2, -0.15) is 0 Å². The van der Waals surface area contributed by atoms with Gasteiger partial charge >= 0.3 is 0 Å². The maximum atomic E-state index is 12.6. The maximum absolute atomic E-state index is 12.6. The Kier molecular flexibility index (Phi) is 5.24. The van der Waals surface area contributed by atoms with E-state index in [0.717, 1.165) is 38.8 Å². The number of pyridine rings is 1. The fraction of sp³-hybridized carbons (Fsp3) is 0.600. The normalized spacial score (nSPS) is 18.4. The molecular weight excluding hydrogens is 274 g/mol. The Morgan fingerprint density at radius 2 is 2.30 bits per heavy atom. The summed E-state index contributed by atoms with van der Waals surface area (Å²) in [6.07, 6.45) is 4.14. The highest BCUT2D eigenvalue weighted by Gasteiger charge is 2.30. The van der Waals surface area contributed by atoms with E-state index in [2.05, 4.69) is 24.1 Å². The average Bonchev–Trinajstić information content (AvgIpc) is 2.94. The van der Waals surface area contributed by atoms with Crippen LogP contribution in [-0.4, -0.2) is 34.9 Å². The van der Waals surface area contributed by atoms with Crippen LogP contribution in [0.25, 0.3) is 0 Å². The zero-order valence-electron chi connectivity index (χ0n) is 12.2. The molecule has 4 nitrogen and oxygen atoms in total. The van der Waals surface area contributed by atoms with Crippen LogP contribution in [0.2, 0.25) is 5.02 Å². The average molecular weight is 296 g/mol. The summed E-state index contributed by atoms with van der Waals surface area (Å²) in [5, 5.41) is 3.62. The van der Waals surface area contributed by atoms with Gasteiger partial charge in [0, 0.05) is 19.1 Å². The molecule has 2 rings (SSSR count). The van der Waals surface area contributed by atoms with Crippen molar-refractivity contribution in [3.05, 3.63) is 22.8 Å². The Morgan fingerprint density at radius 1 is 1.50 bits per heavy atom. The van der Waals surface area contributed by atoms with E-state index < -0.39 is 0 Å². The molecular formula is C15H22ClN3O. The lowest BCUT2D eigenvalue weighted by molar-refractivity contribution is 0.0728. The lowest BCUT2D eigenvalue weighted by Gasteiger charge is -2.23. The van der Waals surface area contributed by atoms with Crippen LogP contribution in [0.4, 0.5) is 5.82 Å². The molecule has 0 spiro atoms. The smallest absolute Gasteiger partial charge is 0.274 e. The second-order valence-corrected chi connectivity index (χ2v) is 5.56. The zero-order valence-corrected chi connectivity index (χ0v) is 12.9. The molecule has 0 aliphatic carbocycles. The molecule has 1 unspecified atom stereocenters. The van der Waals surface area contributed by atoms with Crippen LogP contribution >= 0.6 is 11.6 Å². The van der Waals surface area contributed by atoms with Crippen LogP contribution in [0.3, 0.4) is 0 Å². The lowest BCUT2D eigenvalue weighted by Crippen LogP contribution is -2.35. The monoisotopic (exact) mass is 295 g/mol. The predicted octanol–water partition coefficient (Wildman–Crippen LogP) is 3.57. The summed E-state index contributed by atoms with van der Waals surface area (Å²) < 4.78 is 0. The van der Waals surface area contributed by atoms with Gasteiger partial charge in [0.25, 0.3) is 5.91 Å². The Hall–Kier alpha value is -1.29. The third-order valence-electron chi connectivity index (χ3n) is 3.71. The molecule has 5 heteroatoms. The van der Waals surface area contributed by atoms with E-state index >= 15 is 0 Å². The van der Waals surface area contributed by atoms with Crippen molar-refractivity contribution in [3.8, 4) is 0 Å². The summed E-state index contributed by atoms with van der Waals surface area (Å²) >= 11 is 6.16. The van der Waals surface area contributed by atoms with Crippen molar-refractivity contribution in [1.29, 1.82) is 0 Å². The van der Waals surface area contributed by atoms with Crippen LogP contribution in [-0.2, 0) is 0 Å². The largest absolute Gasteiger partial charge is 0.370 e. The first-order chi connectivity index (χ1) is 9.67. The van der Waals surface area contributed by atoms with Gasteiger partial charge < -0.3 is 10.2 Å². The molecule has 1 aromatic rings. The third kappa shape index (κ3) is 3.23. The van der Waals surface area contributed by atoms with E-state index in [1.807, 2.05) is 11.0 Å². The van der Waals surface area contributed by atoms with Crippen LogP contribution in [0.5, 0.6) is 0 Å². The first kappa shape index (κ1) is 15.1. The summed E-state index contributed by atoms with van der Waals surface area (Å²) in [6.45, 7) is 5.85.